The quantitative estimate of drug-likeness (QED) is 0.149. The molecule has 1 aliphatic rings. The number of ether oxygens (including phenoxy) is 1. The van der Waals surface area contributed by atoms with E-state index in [0.29, 0.717) is 11.5 Å². The molecule has 11 aromatic rings. The van der Waals surface area contributed by atoms with E-state index >= 15 is 0 Å². The van der Waals surface area contributed by atoms with Crippen molar-refractivity contribution in [2.24, 2.45) is 0 Å². The van der Waals surface area contributed by atoms with Crippen molar-refractivity contribution in [3.63, 3.8) is 0 Å². The molecule has 0 bridgehead atoms. The summed E-state index contributed by atoms with van der Waals surface area (Å²) in [6, 6.07) is 70.5. The fourth-order valence-electron chi connectivity index (χ4n) is 10.4. The van der Waals surface area contributed by atoms with Crippen molar-refractivity contribution in [1.29, 1.82) is 0 Å². The number of anilines is 4. The van der Waals surface area contributed by atoms with E-state index in [1.165, 1.54) is 27.5 Å². The molecule has 0 saturated carbocycles. The zero-order valence-electron chi connectivity index (χ0n) is 42.9. The van der Waals surface area contributed by atoms with E-state index in [1.807, 2.05) is 12.3 Å². The first-order valence-corrected chi connectivity index (χ1v) is 25.0. The average molecular weight is 1130 g/mol. The molecule has 6 nitrogen and oxygen atoms in total. The van der Waals surface area contributed by atoms with Crippen LogP contribution in [-0.4, -0.2) is 14.1 Å². The molecular weight excluding hydrogens is 1070 g/mol. The number of aromatic nitrogens is 3. The Morgan fingerprint density at radius 3 is 1.71 bits per heavy atom. The third-order valence-electron chi connectivity index (χ3n) is 14.3. The molecule has 366 valence electrons. The van der Waals surface area contributed by atoms with E-state index < -0.39 is 0 Å². The third kappa shape index (κ3) is 8.40. The minimum absolute atomic E-state index is 0. The van der Waals surface area contributed by atoms with Crippen molar-refractivity contribution in [3.05, 3.63) is 218 Å². The number of hydrogen-bond acceptors (Lipinski definition) is 4. The molecule has 7 heteroatoms. The summed E-state index contributed by atoms with van der Waals surface area (Å²) in [7, 11) is 0. The van der Waals surface area contributed by atoms with Crippen molar-refractivity contribution in [2.45, 2.75) is 78.6 Å². The standard InChI is InChI=1S/C66H58N5O.Pt/c1-64(2,3)44-33-34-67-61(38-44)71-57-31-18-15-27-54(57)62-59(70-55-29-16-13-25-52(55)53-26-14-17-30-56(53)70)40-50(41-60(62)71)72-49-24-19-23-47(39-49)68-42-69(48-36-45(65(4,5)6)35-46(37-48)66(7,8)9)63-51(28-20-32-58(63)68)43-21-11-10-12-22-43;/h10-38,40,42H,1-9H3;/q-3;. The van der Waals surface area contributed by atoms with Gasteiger partial charge in [0.1, 0.15) is 5.82 Å². The van der Waals surface area contributed by atoms with E-state index in [2.05, 4.69) is 270 Å². The van der Waals surface area contributed by atoms with Crippen LogP contribution in [0.3, 0.4) is 0 Å². The maximum Gasteiger partial charge on any atom is 0.135 e. The third-order valence-corrected chi connectivity index (χ3v) is 14.3. The number of pyridine rings is 1. The van der Waals surface area contributed by atoms with E-state index in [-0.39, 0.29) is 37.3 Å². The first kappa shape index (κ1) is 47.9. The largest absolute Gasteiger partial charge is 0.509 e. The predicted octanol–water partition coefficient (Wildman–Crippen LogP) is 17.6. The van der Waals surface area contributed by atoms with Gasteiger partial charge in [0, 0.05) is 77.7 Å². The van der Waals surface area contributed by atoms with Crippen LogP contribution >= 0.6 is 0 Å². The number of benzene rings is 8. The number of hydrogen-bond donors (Lipinski definition) is 0. The minimum atomic E-state index is -0.0807. The first-order valence-electron chi connectivity index (χ1n) is 25.0. The summed E-state index contributed by atoms with van der Waals surface area (Å²) in [6.45, 7) is 22.7. The van der Waals surface area contributed by atoms with Gasteiger partial charge in [0.05, 0.1) is 11.0 Å². The van der Waals surface area contributed by atoms with Gasteiger partial charge in [-0.2, -0.15) is 6.07 Å². The summed E-state index contributed by atoms with van der Waals surface area (Å²) >= 11 is 0. The monoisotopic (exact) mass is 1130 g/mol. The maximum atomic E-state index is 7.10. The molecule has 4 heterocycles. The summed E-state index contributed by atoms with van der Waals surface area (Å²) in [4.78, 5) is 9.65. The number of nitrogens with zero attached hydrogens (tertiary/aromatic N) is 5. The summed E-state index contributed by atoms with van der Waals surface area (Å²) in [5, 5.41) is 4.54. The SMILES string of the molecule is CC(C)(C)c1cc(N2[CH-]N(c3[c-]c(Oc4[c-]c5c(c(-n6c7ccccc7c7ccccc76)c4)c4ccccc4n5-c4cc(C(C)(C)C)ccn4)ccc3)c3cccc(-c4ccccc4)c32)cc(C(C)(C)C)c1.[Pt]. The zero-order valence-corrected chi connectivity index (χ0v) is 45.1. The van der Waals surface area contributed by atoms with Crippen LogP contribution in [0.4, 0.5) is 22.7 Å². The molecule has 1 aliphatic heterocycles. The Bertz CT molecular complexity index is 3820. The van der Waals surface area contributed by atoms with Crippen molar-refractivity contribution in [1.82, 2.24) is 14.1 Å². The van der Waals surface area contributed by atoms with E-state index in [0.717, 1.165) is 78.2 Å². The molecule has 0 spiro atoms. The van der Waals surface area contributed by atoms with Gasteiger partial charge in [0.25, 0.3) is 0 Å². The number of rotatable bonds is 7. The Morgan fingerprint density at radius 1 is 0.479 bits per heavy atom. The van der Waals surface area contributed by atoms with Gasteiger partial charge >= 0.3 is 0 Å². The second-order valence-electron chi connectivity index (χ2n) is 22.3. The Kier molecular flexibility index (Phi) is 11.8. The first-order chi connectivity index (χ1) is 34.6. The molecule has 0 radical (unpaired) electrons. The zero-order chi connectivity index (χ0) is 49.7. The number of para-hydroxylation sites is 4. The van der Waals surface area contributed by atoms with Crippen LogP contribution in [0.1, 0.15) is 79.0 Å². The van der Waals surface area contributed by atoms with Crippen LogP contribution in [0.5, 0.6) is 11.5 Å². The molecule has 8 aromatic carbocycles. The van der Waals surface area contributed by atoms with Gasteiger partial charge in [-0.05, 0) is 98.1 Å². The fourth-order valence-corrected chi connectivity index (χ4v) is 10.4. The smallest absolute Gasteiger partial charge is 0.135 e. The Labute approximate surface area is 443 Å². The maximum absolute atomic E-state index is 7.10. The van der Waals surface area contributed by atoms with Crippen LogP contribution in [-0.2, 0) is 37.3 Å². The van der Waals surface area contributed by atoms with Gasteiger partial charge in [-0.1, -0.05) is 176 Å². The predicted molar refractivity (Wildman–Crippen MR) is 300 cm³/mol. The van der Waals surface area contributed by atoms with Crippen molar-refractivity contribution >= 4 is 66.4 Å². The topological polar surface area (TPSA) is 38.5 Å². The van der Waals surface area contributed by atoms with Gasteiger partial charge in [0.2, 0.25) is 0 Å². The molecule has 0 N–H and O–H groups in total. The molecular formula is C66H58N5OPt-3. The van der Waals surface area contributed by atoms with Crippen molar-refractivity contribution < 1.29 is 25.8 Å². The Morgan fingerprint density at radius 2 is 1.07 bits per heavy atom. The van der Waals surface area contributed by atoms with Crippen LogP contribution in [0.25, 0.3) is 66.2 Å². The van der Waals surface area contributed by atoms with Gasteiger partial charge in [0.15, 0.2) is 0 Å². The normalized spacial score (nSPS) is 13.1. The van der Waals surface area contributed by atoms with Crippen molar-refractivity contribution in [3.8, 4) is 34.1 Å². The molecule has 3 aromatic heterocycles. The molecule has 0 unspecified atom stereocenters. The van der Waals surface area contributed by atoms with E-state index in [4.69, 9.17) is 9.72 Å². The molecule has 0 atom stereocenters. The summed E-state index contributed by atoms with van der Waals surface area (Å²) in [5.74, 6) is 1.97. The van der Waals surface area contributed by atoms with Crippen LogP contribution in [0.2, 0.25) is 0 Å². The Balaban J connectivity index is 0.00000574. The van der Waals surface area contributed by atoms with Gasteiger partial charge in [-0.3, -0.25) is 0 Å². The molecule has 0 fully saturated rings. The molecule has 0 amide bonds. The Hall–Kier alpha value is -7.40. The summed E-state index contributed by atoms with van der Waals surface area (Å²) in [6.07, 6.45) is 1.92. The molecule has 0 aliphatic carbocycles. The second-order valence-corrected chi connectivity index (χ2v) is 22.3. The van der Waals surface area contributed by atoms with Crippen molar-refractivity contribution in [2.75, 3.05) is 9.80 Å². The van der Waals surface area contributed by atoms with E-state index in [9.17, 15) is 0 Å². The second kappa shape index (κ2) is 18.0. The van der Waals surface area contributed by atoms with Crippen LogP contribution in [0, 0.1) is 18.8 Å². The van der Waals surface area contributed by atoms with Crippen LogP contribution < -0.4 is 14.5 Å². The molecule has 12 rings (SSSR count). The fraction of sp³-hybridized carbons (Fsp3) is 0.182. The molecule has 0 saturated heterocycles. The minimum Gasteiger partial charge on any atom is -0.509 e. The van der Waals surface area contributed by atoms with Gasteiger partial charge in [-0.25, -0.2) is 4.98 Å². The summed E-state index contributed by atoms with van der Waals surface area (Å²) in [5.41, 5.74) is 15.2. The van der Waals surface area contributed by atoms with E-state index in [1.54, 1.807) is 0 Å². The van der Waals surface area contributed by atoms with Crippen LogP contribution in [0.15, 0.2) is 182 Å². The van der Waals surface area contributed by atoms with Gasteiger partial charge < -0.3 is 23.7 Å². The number of fused-ring (bicyclic) bond motifs is 7. The average Bonchev–Trinajstić information content (AvgIpc) is 4.04. The summed E-state index contributed by atoms with van der Waals surface area (Å²) < 4.78 is 11.7. The van der Waals surface area contributed by atoms with Gasteiger partial charge in [-0.15, -0.1) is 42.7 Å². The molecule has 73 heavy (non-hydrogen) atoms.